The minimum Gasteiger partial charge on any atom is -0.362 e. The van der Waals surface area contributed by atoms with Gasteiger partial charge < -0.3 is 19.3 Å². The number of halogens is 2. The van der Waals surface area contributed by atoms with Crippen molar-refractivity contribution < 1.29 is 14.1 Å². The summed E-state index contributed by atoms with van der Waals surface area (Å²) in [6.45, 7) is 2.22. The van der Waals surface area contributed by atoms with Crippen LogP contribution in [0.2, 0.25) is 5.02 Å². The van der Waals surface area contributed by atoms with Crippen molar-refractivity contribution >= 4 is 39.8 Å². The Balaban J connectivity index is 1.69. The van der Waals surface area contributed by atoms with Gasteiger partial charge in [0.2, 0.25) is 0 Å². The Hall–Kier alpha value is -3.50. The maximum atomic E-state index is 13.4. The molecule has 1 saturated heterocycles. The number of carbonyl (C=O) groups is 1. The zero-order valence-electron chi connectivity index (χ0n) is 20.1. The Morgan fingerprint density at radius 2 is 1.78 bits per heavy atom. The van der Waals surface area contributed by atoms with Gasteiger partial charge in [0.15, 0.2) is 0 Å². The predicted molar refractivity (Wildman–Crippen MR) is 138 cm³/mol. The molecule has 190 valence electrons. The third kappa shape index (κ3) is 5.19. The summed E-state index contributed by atoms with van der Waals surface area (Å²) in [5.41, 5.74) is 0.0172. The summed E-state index contributed by atoms with van der Waals surface area (Å²) in [7, 11) is 3.85. The van der Waals surface area contributed by atoms with Gasteiger partial charge >= 0.3 is 11.2 Å². The first-order valence-electron chi connectivity index (χ1n) is 11.6. The van der Waals surface area contributed by atoms with Gasteiger partial charge in [0, 0.05) is 48.7 Å². The average molecular weight is 516 g/mol. The molecule has 0 spiro atoms. The molecular weight excluding hydrogens is 489 g/mol. The number of anilines is 1. The molecule has 9 nitrogen and oxygen atoms in total. The van der Waals surface area contributed by atoms with Crippen molar-refractivity contribution in [3.05, 3.63) is 79.3 Å². The van der Waals surface area contributed by atoms with Crippen LogP contribution in [-0.4, -0.2) is 72.0 Å². The van der Waals surface area contributed by atoms with E-state index in [1.54, 1.807) is 28.0 Å². The van der Waals surface area contributed by atoms with Crippen LogP contribution in [0.5, 0.6) is 0 Å². The molecule has 1 aromatic heterocycles. The summed E-state index contributed by atoms with van der Waals surface area (Å²) >= 11 is 6.28. The Bertz CT molecular complexity index is 1350. The summed E-state index contributed by atoms with van der Waals surface area (Å²) in [5.74, 6) is -0.668. The molecule has 11 heteroatoms. The molecule has 1 fully saturated rings. The van der Waals surface area contributed by atoms with Gasteiger partial charge in [0.05, 0.1) is 10.4 Å². The number of piperazine rings is 1. The van der Waals surface area contributed by atoms with Gasteiger partial charge in [0.25, 0.3) is 5.91 Å². The first kappa shape index (κ1) is 25.6. The topological polar surface area (TPSA) is 91.9 Å². The lowest BCUT2D eigenvalue weighted by Crippen LogP contribution is -2.49. The van der Waals surface area contributed by atoms with Crippen LogP contribution in [0.15, 0.2) is 47.3 Å². The van der Waals surface area contributed by atoms with E-state index < -0.39 is 22.0 Å². The Labute approximate surface area is 212 Å². The van der Waals surface area contributed by atoms with Crippen LogP contribution in [0.1, 0.15) is 16.8 Å². The fourth-order valence-electron chi connectivity index (χ4n) is 4.56. The van der Waals surface area contributed by atoms with Crippen LogP contribution in [0, 0.1) is 15.9 Å². The molecule has 1 aliphatic heterocycles. The van der Waals surface area contributed by atoms with Gasteiger partial charge in [-0.25, -0.2) is 4.39 Å². The maximum Gasteiger partial charge on any atom is 0.357 e. The smallest absolute Gasteiger partial charge is 0.357 e. The number of amides is 1. The van der Waals surface area contributed by atoms with Gasteiger partial charge in [-0.3, -0.25) is 19.7 Å². The molecule has 0 saturated carbocycles. The molecule has 3 aromatic rings. The predicted octanol–water partition coefficient (Wildman–Crippen LogP) is 3.62. The van der Waals surface area contributed by atoms with Gasteiger partial charge in [-0.2, -0.15) is 0 Å². The lowest BCUT2D eigenvalue weighted by atomic mass is 10.1. The quantitative estimate of drug-likeness (QED) is 0.352. The lowest BCUT2D eigenvalue weighted by Gasteiger charge is -2.36. The summed E-state index contributed by atoms with van der Waals surface area (Å²) in [5, 5.41) is 13.1. The highest BCUT2D eigenvalue weighted by Gasteiger charge is 2.32. The second-order valence-corrected chi connectivity index (χ2v) is 9.45. The number of nitro groups is 1. The number of nitrogens with zero attached hydrogens (tertiary/aromatic N) is 5. The molecule has 0 radical (unpaired) electrons. The fraction of sp³-hybridized carbons (Fsp3) is 0.360. The van der Waals surface area contributed by atoms with Gasteiger partial charge in [-0.15, -0.1) is 0 Å². The molecule has 0 unspecified atom stereocenters. The van der Waals surface area contributed by atoms with Crippen molar-refractivity contribution in [3.63, 3.8) is 0 Å². The standard InChI is InChI=1S/C25H27ClFN5O4/c1-28(2)10-3-11-31-21-9-6-18(26)16-20(21)22(23(25(31)34)32(35)36)29-12-14-30(15-13-29)24(33)17-4-7-19(27)8-5-17/h4-9,16H,3,10-15H2,1-2H3. The van der Waals surface area contributed by atoms with Crippen LogP contribution in [0.3, 0.4) is 0 Å². The van der Waals surface area contributed by atoms with Gasteiger partial charge in [0.1, 0.15) is 11.5 Å². The van der Waals surface area contributed by atoms with E-state index in [0.29, 0.717) is 60.6 Å². The van der Waals surface area contributed by atoms with Crippen LogP contribution < -0.4 is 10.5 Å². The number of rotatable bonds is 7. The first-order chi connectivity index (χ1) is 17.2. The average Bonchev–Trinajstić information content (AvgIpc) is 2.84. The van der Waals surface area contributed by atoms with Crippen LogP contribution in [-0.2, 0) is 6.54 Å². The molecule has 0 atom stereocenters. The van der Waals surface area contributed by atoms with Crippen molar-refractivity contribution in [2.75, 3.05) is 51.7 Å². The third-order valence-electron chi connectivity index (χ3n) is 6.32. The van der Waals surface area contributed by atoms with Crippen molar-refractivity contribution in [1.82, 2.24) is 14.4 Å². The largest absolute Gasteiger partial charge is 0.362 e. The van der Waals surface area contributed by atoms with E-state index in [-0.39, 0.29) is 11.6 Å². The van der Waals surface area contributed by atoms with Crippen molar-refractivity contribution in [2.45, 2.75) is 13.0 Å². The lowest BCUT2D eigenvalue weighted by molar-refractivity contribution is -0.385. The summed E-state index contributed by atoms with van der Waals surface area (Å²) in [4.78, 5) is 43.1. The summed E-state index contributed by atoms with van der Waals surface area (Å²) < 4.78 is 14.7. The molecule has 36 heavy (non-hydrogen) atoms. The monoisotopic (exact) mass is 515 g/mol. The Kier molecular flexibility index (Phi) is 7.56. The zero-order valence-corrected chi connectivity index (χ0v) is 20.9. The number of aryl methyl sites for hydroxylation is 1. The zero-order chi connectivity index (χ0) is 26.0. The molecule has 4 rings (SSSR count). The minimum absolute atomic E-state index is 0.222. The number of carbonyl (C=O) groups excluding carboxylic acids is 1. The van der Waals surface area contributed by atoms with Crippen LogP contribution in [0.25, 0.3) is 10.9 Å². The first-order valence-corrected chi connectivity index (χ1v) is 12.0. The number of benzene rings is 2. The van der Waals surface area contributed by atoms with E-state index in [4.69, 9.17) is 11.6 Å². The normalized spacial score (nSPS) is 14.0. The molecule has 2 aromatic carbocycles. The number of pyridine rings is 1. The SMILES string of the molecule is CN(C)CCCn1c(=O)c([N+](=O)[O-])c(N2CCN(C(=O)c3ccc(F)cc3)CC2)c2cc(Cl)ccc21. The maximum absolute atomic E-state index is 13.4. The van der Waals surface area contributed by atoms with E-state index >= 15 is 0 Å². The molecule has 1 aliphatic rings. The highest BCUT2D eigenvalue weighted by molar-refractivity contribution is 6.31. The molecule has 2 heterocycles. The number of aromatic nitrogens is 1. The molecule has 1 amide bonds. The molecule has 0 N–H and O–H groups in total. The minimum atomic E-state index is -0.659. The molecule has 0 bridgehead atoms. The second-order valence-electron chi connectivity index (χ2n) is 9.02. The Morgan fingerprint density at radius 3 is 2.39 bits per heavy atom. The molecule has 0 aliphatic carbocycles. The van der Waals surface area contributed by atoms with Gasteiger partial charge in [-0.05, 0) is 69.5 Å². The molecular formula is C25H27ClFN5O4. The van der Waals surface area contributed by atoms with E-state index in [1.165, 1.54) is 28.8 Å². The highest BCUT2D eigenvalue weighted by atomic mass is 35.5. The van der Waals surface area contributed by atoms with Crippen LogP contribution >= 0.6 is 11.6 Å². The number of hydrogen-bond acceptors (Lipinski definition) is 6. The Morgan fingerprint density at radius 1 is 1.11 bits per heavy atom. The summed E-state index contributed by atoms with van der Waals surface area (Å²) in [6, 6.07) is 10.4. The van der Waals surface area contributed by atoms with E-state index in [1.807, 2.05) is 19.0 Å². The third-order valence-corrected chi connectivity index (χ3v) is 6.56. The van der Waals surface area contributed by atoms with E-state index in [0.717, 1.165) is 6.54 Å². The second kappa shape index (κ2) is 10.6. The number of fused-ring (bicyclic) bond motifs is 1. The number of hydrogen-bond donors (Lipinski definition) is 0. The van der Waals surface area contributed by atoms with Crippen molar-refractivity contribution in [3.8, 4) is 0 Å². The van der Waals surface area contributed by atoms with E-state index in [9.17, 15) is 24.1 Å². The van der Waals surface area contributed by atoms with Crippen molar-refractivity contribution in [2.24, 2.45) is 0 Å². The summed E-state index contributed by atoms with van der Waals surface area (Å²) in [6.07, 6.45) is 0.644. The fourth-order valence-corrected chi connectivity index (χ4v) is 4.73. The van der Waals surface area contributed by atoms with E-state index in [2.05, 4.69) is 0 Å². The van der Waals surface area contributed by atoms with Crippen molar-refractivity contribution in [1.29, 1.82) is 0 Å². The van der Waals surface area contributed by atoms with Gasteiger partial charge in [-0.1, -0.05) is 11.6 Å². The highest BCUT2D eigenvalue weighted by Crippen LogP contribution is 2.36. The van der Waals surface area contributed by atoms with Crippen LogP contribution in [0.4, 0.5) is 15.8 Å².